The Balaban J connectivity index is 3.39. The lowest BCUT2D eigenvalue weighted by Gasteiger charge is -2.10. The number of rotatable bonds is 7. The normalized spacial score (nSPS) is 11.5. The minimum atomic E-state index is 0.917. The third-order valence-corrected chi connectivity index (χ3v) is 2.95. The summed E-state index contributed by atoms with van der Waals surface area (Å²) >= 11 is 3.72. The van der Waals surface area contributed by atoms with Crippen molar-refractivity contribution in [2.45, 2.75) is 6.42 Å². The van der Waals surface area contributed by atoms with Crippen LogP contribution in [-0.2, 0) is 0 Å². The molecule has 0 fully saturated rings. The van der Waals surface area contributed by atoms with Crippen LogP contribution in [0.3, 0.4) is 0 Å². The second kappa shape index (κ2) is 11.0. The van der Waals surface area contributed by atoms with Gasteiger partial charge in [0.2, 0.25) is 0 Å². The smallest absolute Gasteiger partial charge is 0.191 e. The molecule has 0 aliphatic carbocycles. The van der Waals surface area contributed by atoms with Gasteiger partial charge in [-0.3, -0.25) is 4.99 Å². The molecule has 84 valence electrons. The summed E-state index contributed by atoms with van der Waals surface area (Å²) in [4.78, 5) is 4.14. The maximum absolute atomic E-state index is 4.14. The van der Waals surface area contributed by atoms with Gasteiger partial charge in [0.05, 0.1) is 0 Å². The molecule has 0 radical (unpaired) electrons. The fraction of sp³-hybridized carbons (Fsp3) is 0.889. The van der Waals surface area contributed by atoms with Crippen LogP contribution >= 0.6 is 23.5 Å². The van der Waals surface area contributed by atoms with E-state index in [2.05, 4.69) is 28.1 Å². The third-order valence-electron chi connectivity index (χ3n) is 1.64. The summed E-state index contributed by atoms with van der Waals surface area (Å²) in [6.45, 7) is 1.98. The fourth-order valence-corrected chi connectivity index (χ4v) is 1.65. The van der Waals surface area contributed by atoms with Crippen LogP contribution in [0.15, 0.2) is 4.99 Å². The molecule has 0 atom stereocenters. The summed E-state index contributed by atoms with van der Waals surface area (Å²) in [5, 5.41) is 6.54. The first kappa shape index (κ1) is 14.0. The van der Waals surface area contributed by atoms with Crippen molar-refractivity contribution in [3.8, 4) is 0 Å². The van der Waals surface area contributed by atoms with Crippen molar-refractivity contribution in [3.63, 3.8) is 0 Å². The van der Waals surface area contributed by atoms with Crippen molar-refractivity contribution in [2.75, 3.05) is 44.2 Å². The number of hydrogen-bond acceptors (Lipinski definition) is 3. The highest BCUT2D eigenvalue weighted by Crippen LogP contribution is 1.93. The van der Waals surface area contributed by atoms with Crippen molar-refractivity contribution in [1.29, 1.82) is 0 Å². The van der Waals surface area contributed by atoms with E-state index in [9.17, 15) is 0 Å². The Hall–Kier alpha value is -0.0300. The molecule has 0 saturated carbocycles. The molecular weight excluding hydrogens is 214 g/mol. The summed E-state index contributed by atoms with van der Waals surface area (Å²) in [7, 11) is 1.81. The molecule has 0 aromatic rings. The highest BCUT2D eigenvalue weighted by atomic mass is 32.2. The van der Waals surface area contributed by atoms with Crippen LogP contribution in [-0.4, -0.2) is 50.1 Å². The van der Waals surface area contributed by atoms with Gasteiger partial charge in [-0.25, -0.2) is 0 Å². The first-order valence-electron chi connectivity index (χ1n) is 4.77. The van der Waals surface area contributed by atoms with E-state index in [1.165, 1.54) is 12.2 Å². The van der Waals surface area contributed by atoms with Gasteiger partial charge in [0, 0.05) is 25.9 Å². The minimum absolute atomic E-state index is 0.917. The topological polar surface area (TPSA) is 36.4 Å². The quantitative estimate of drug-likeness (QED) is 0.396. The Kier molecular flexibility index (Phi) is 11.0. The molecule has 0 rings (SSSR count). The van der Waals surface area contributed by atoms with Crippen LogP contribution in [0.5, 0.6) is 0 Å². The number of nitrogens with zero attached hydrogens (tertiary/aromatic N) is 1. The molecule has 0 bridgehead atoms. The lowest BCUT2D eigenvalue weighted by molar-refractivity contribution is 0.801. The molecule has 0 aromatic carbocycles. The molecule has 14 heavy (non-hydrogen) atoms. The Morgan fingerprint density at radius 1 is 1.07 bits per heavy atom. The van der Waals surface area contributed by atoms with Crippen LogP contribution < -0.4 is 10.6 Å². The monoisotopic (exact) mass is 235 g/mol. The van der Waals surface area contributed by atoms with Crippen LogP contribution in [0.4, 0.5) is 0 Å². The van der Waals surface area contributed by atoms with Gasteiger partial charge in [0.25, 0.3) is 0 Å². The van der Waals surface area contributed by atoms with Crippen molar-refractivity contribution >= 4 is 29.5 Å². The average Bonchev–Trinajstić information content (AvgIpc) is 2.22. The second-order valence-electron chi connectivity index (χ2n) is 2.76. The fourth-order valence-electron chi connectivity index (χ4n) is 0.915. The number of aliphatic imine (C=N–C) groups is 1. The molecule has 0 amide bonds. The van der Waals surface area contributed by atoms with Gasteiger partial charge >= 0.3 is 0 Å². The summed E-state index contributed by atoms with van der Waals surface area (Å²) in [6, 6.07) is 0. The van der Waals surface area contributed by atoms with E-state index in [0.29, 0.717) is 0 Å². The molecule has 0 aromatic heterocycles. The molecule has 0 saturated heterocycles. The second-order valence-corrected chi connectivity index (χ2v) is 4.74. The largest absolute Gasteiger partial charge is 0.356 e. The standard InChI is InChI=1S/C9H21N3S2/c1-10-9(12-6-8-14-3)11-5-4-7-13-2/h4-8H2,1-3H3,(H2,10,11,12). The van der Waals surface area contributed by atoms with Crippen molar-refractivity contribution < 1.29 is 0 Å². The third kappa shape index (κ3) is 8.56. The number of thioether (sulfide) groups is 2. The van der Waals surface area contributed by atoms with Crippen LogP contribution in [0.25, 0.3) is 0 Å². The van der Waals surface area contributed by atoms with E-state index in [-0.39, 0.29) is 0 Å². The predicted molar refractivity (Wildman–Crippen MR) is 70.7 cm³/mol. The SMILES string of the molecule is CN=C(NCCCSC)NCCSC. The Bertz CT molecular complexity index is 151. The van der Waals surface area contributed by atoms with Gasteiger partial charge in [-0.2, -0.15) is 23.5 Å². The zero-order valence-corrected chi connectivity index (χ0v) is 10.9. The Morgan fingerprint density at radius 3 is 2.29 bits per heavy atom. The summed E-state index contributed by atoms with van der Waals surface area (Å²) in [6.07, 6.45) is 5.42. The van der Waals surface area contributed by atoms with Crippen molar-refractivity contribution in [1.82, 2.24) is 10.6 Å². The van der Waals surface area contributed by atoms with Crippen molar-refractivity contribution in [2.24, 2.45) is 4.99 Å². The highest BCUT2D eigenvalue weighted by Gasteiger charge is 1.94. The highest BCUT2D eigenvalue weighted by molar-refractivity contribution is 7.98. The first-order chi connectivity index (χ1) is 6.85. The maximum Gasteiger partial charge on any atom is 0.191 e. The number of nitrogens with one attached hydrogen (secondary N) is 2. The first-order valence-corrected chi connectivity index (χ1v) is 7.56. The zero-order valence-electron chi connectivity index (χ0n) is 9.30. The molecule has 0 heterocycles. The summed E-state index contributed by atoms with van der Waals surface area (Å²) < 4.78 is 0. The van der Waals surface area contributed by atoms with Gasteiger partial charge in [-0.15, -0.1) is 0 Å². The van der Waals surface area contributed by atoms with E-state index in [1.807, 2.05) is 30.6 Å². The minimum Gasteiger partial charge on any atom is -0.356 e. The lowest BCUT2D eigenvalue weighted by Crippen LogP contribution is -2.38. The van der Waals surface area contributed by atoms with E-state index >= 15 is 0 Å². The molecular formula is C9H21N3S2. The van der Waals surface area contributed by atoms with Gasteiger partial charge in [-0.05, 0) is 24.7 Å². The van der Waals surface area contributed by atoms with Gasteiger partial charge in [-0.1, -0.05) is 0 Å². The van der Waals surface area contributed by atoms with E-state index in [4.69, 9.17) is 0 Å². The average molecular weight is 235 g/mol. The molecule has 0 spiro atoms. The van der Waals surface area contributed by atoms with E-state index in [0.717, 1.165) is 24.8 Å². The van der Waals surface area contributed by atoms with Gasteiger partial charge < -0.3 is 10.6 Å². The molecule has 5 heteroatoms. The predicted octanol–water partition coefficient (Wildman–Crippen LogP) is 1.27. The van der Waals surface area contributed by atoms with Gasteiger partial charge in [0.15, 0.2) is 5.96 Å². The maximum atomic E-state index is 4.14. The molecule has 0 aliphatic heterocycles. The summed E-state index contributed by atoms with van der Waals surface area (Å²) in [5.74, 6) is 3.24. The number of hydrogen-bond donors (Lipinski definition) is 2. The lowest BCUT2D eigenvalue weighted by atomic mass is 10.5. The van der Waals surface area contributed by atoms with Crippen LogP contribution in [0.1, 0.15) is 6.42 Å². The summed E-state index contributed by atoms with van der Waals surface area (Å²) in [5.41, 5.74) is 0. The number of guanidine groups is 1. The van der Waals surface area contributed by atoms with E-state index in [1.54, 1.807) is 0 Å². The Morgan fingerprint density at radius 2 is 1.71 bits per heavy atom. The molecule has 3 nitrogen and oxygen atoms in total. The Labute approximate surface area is 95.9 Å². The van der Waals surface area contributed by atoms with Crippen LogP contribution in [0.2, 0.25) is 0 Å². The zero-order chi connectivity index (χ0) is 10.6. The van der Waals surface area contributed by atoms with E-state index < -0.39 is 0 Å². The van der Waals surface area contributed by atoms with Crippen molar-refractivity contribution in [3.05, 3.63) is 0 Å². The van der Waals surface area contributed by atoms with Crippen LogP contribution in [0, 0.1) is 0 Å². The molecule has 2 N–H and O–H groups in total. The molecule has 0 aliphatic rings. The van der Waals surface area contributed by atoms with Gasteiger partial charge in [0.1, 0.15) is 0 Å². The molecule has 0 unspecified atom stereocenters.